The molecule has 0 N–H and O–H groups in total. The largest absolute Gasteiger partial charge is 0.349 e. The van der Waals surface area contributed by atoms with Crippen molar-refractivity contribution in [2.75, 3.05) is 26.4 Å². The van der Waals surface area contributed by atoms with Crippen molar-refractivity contribution in [3.8, 4) is 0 Å². The van der Waals surface area contributed by atoms with Gasteiger partial charge in [0.25, 0.3) is 5.69 Å². The molecule has 2 saturated heterocycles. The van der Waals surface area contributed by atoms with Crippen LogP contribution in [-0.4, -0.2) is 43.9 Å². The Morgan fingerprint density at radius 1 is 0.950 bits per heavy atom. The van der Waals surface area contributed by atoms with Crippen molar-refractivity contribution in [3.05, 3.63) is 39.9 Å². The minimum atomic E-state index is -0.445. The van der Waals surface area contributed by atoms with Crippen molar-refractivity contribution in [3.63, 3.8) is 0 Å². The number of ether oxygens (including phenoxy) is 4. The van der Waals surface area contributed by atoms with E-state index in [1.54, 1.807) is 12.1 Å². The molecule has 0 radical (unpaired) electrons. The molecule has 2 aliphatic heterocycles. The molecule has 20 heavy (non-hydrogen) atoms. The number of non-ortho nitro benzene ring substituents is 1. The van der Waals surface area contributed by atoms with Gasteiger partial charge < -0.3 is 18.9 Å². The van der Waals surface area contributed by atoms with Crippen LogP contribution in [0.3, 0.4) is 0 Å². The number of nitro groups is 1. The zero-order valence-corrected chi connectivity index (χ0v) is 10.8. The number of nitrogens with zero attached hydrogens (tertiary/aromatic N) is 1. The van der Waals surface area contributed by atoms with Crippen molar-refractivity contribution in [1.29, 1.82) is 0 Å². The summed E-state index contributed by atoms with van der Waals surface area (Å²) in [6.45, 7) is 2.11. The van der Waals surface area contributed by atoms with Crippen LogP contribution in [0.2, 0.25) is 0 Å². The van der Waals surface area contributed by atoms with Crippen LogP contribution in [0.25, 0.3) is 0 Å². The van der Waals surface area contributed by atoms with E-state index in [0.29, 0.717) is 26.4 Å². The van der Waals surface area contributed by atoms with E-state index in [1.807, 2.05) is 0 Å². The summed E-state index contributed by atoms with van der Waals surface area (Å²) < 4.78 is 22.2. The molecular formula is C13H15NO6. The second-order valence-electron chi connectivity index (χ2n) is 4.59. The van der Waals surface area contributed by atoms with Gasteiger partial charge in [-0.1, -0.05) is 12.1 Å². The highest BCUT2D eigenvalue weighted by Crippen LogP contribution is 2.33. The Kier molecular flexibility index (Phi) is 3.93. The predicted molar refractivity (Wildman–Crippen MR) is 67.2 cm³/mol. The van der Waals surface area contributed by atoms with Crippen LogP contribution < -0.4 is 0 Å². The Morgan fingerprint density at radius 2 is 1.40 bits per heavy atom. The number of nitro benzene ring substituents is 1. The van der Waals surface area contributed by atoms with Crippen LogP contribution in [0.5, 0.6) is 0 Å². The fraction of sp³-hybridized carbons (Fsp3) is 0.538. The summed E-state index contributed by atoms with van der Waals surface area (Å²) >= 11 is 0. The quantitative estimate of drug-likeness (QED) is 0.613. The van der Waals surface area contributed by atoms with E-state index in [0.717, 1.165) is 5.56 Å². The van der Waals surface area contributed by atoms with Gasteiger partial charge in [0.15, 0.2) is 12.6 Å². The van der Waals surface area contributed by atoms with Crippen LogP contribution in [0.1, 0.15) is 11.5 Å². The van der Waals surface area contributed by atoms with Crippen LogP contribution >= 0.6 is 0 Å². The summed E-state index contributed by atoms with van der Waals surface area (Å²) in [5, 5.41) is 10.7. The van der Waals surface area contributed by atoms with Crippen LogP contribution in [0.15, 0.2) is 24.3 Å². The summed E-state index contributed by atoms with van der Waals surface area (Å²) in [6, 6.07) is 6.32. The van der Waals surface area contributed by atoms with Crippen molar-refractivity contribution in [1.82, 2.24) is 0 Å². The molecular weight excluding hydrogens is 266 g/mol. The molecule has 7 heteroatoms. The maximum absolute atomic E-state index is 10.7. The van der Waals surface area contributed by atoms with Crippen molar-refractivity contribution >= 4 is 5.69 Å². The maximum Gasteiger partial charge on any atom is 0.269 e. The highest BCUT2D eigenvalue weighted by Gasteiger charge is 2.38. The first kappa shape index (κ1) is 13.4. The van der Waals surface area contributed by atoms with Crippen LogP contribution in [0, 0.1) is 10.1 Å². The molecule has 7 nitrogen and oxygen atoms in total. The van der Waals surface area contributed by atoms with Crippen molar-refractivity contribution in [2.24, 2.45) is 0 Å². The third-order valence-electron chi connectivity index (χ3n) is 3.37. The van der Waals surface area contributed by atoms with Gasteiger partial charge in [0.2, 0.25) is 0 Å². The Balaban J connectivity index is 1.85. The average molecular weight is 281 g/mol. The number of rotatable bonds is 4. The minimum absolute atomic E-state index is 0.0500. The van der Waals surface area contributed by atoms with Gasteiger partial charge in [-0.3, -0.25) is 10.1 Å². The van der Waals surface area contributed by atoms with Gasteiger partial charge in [-0.2, -0.15) is 0 Å². The first-order valence-corrected chi connectivity index (χ1v) is 6.46. The number of benzene rings is 1. The van der Waals surface area contributed by atoms with Gasteiger partial charge in [0.05, 0.1) is 37.3 Å². The normalized spacial score (nSPS) is 20.9. The molecule has 0 amide bonds. The summed E-state index contributed by atoms with van der Waals surface area (Å²) in [5.74, 6) is -0.249. The molecule has 0 atom stereocenters. The van der Waals surface area contributed by atoms with Gasteiger partial charge >= 0.3 is 0 Å². The maximum atomic E-state index is 10.7. The van der Waals surface area contributed by atoms with Gasteiger partial charge in [-0.05, 0) is 5.56 Å². The monoisotopic (exact) mass is 281 g/mol. The lowest BCUT2D eigenvalue weighted by atomic mass is 9.97. The highest BCUT2D eigenvalue weighted by molar-refractivity contribution is 5.35. The van der Waals surface area contributed by atoms with Gasteiger partial charge in [-0.25, -0.2) is 0 Å². The number of hydrogen-bond acceptors (Lipinski definition) is 6. The lowest BCUT2D eigenvalue weighted by Gasteiger charge is -2.26. The SMILES string of the molecule is O=[N+]([O-])c1ccc(C(C2OCCO2)C2OCCO2)cc1. The van der Waals surface area contributed by atoms with Crippen molar-refractivity contribution < 1.29 is 23.9 Å². The Labute approximate surface area is 115 Å². The zero-order chi connectivity index (χ0) is 13.9. The molecule has 2 fully saturated rings. The lowest BCUT2D eigenvalue weighted by molar-refractivity contribution is -0.384. The van der Waals surface area contributed by atoms with E-state index in [2.05, 4.69) is 0 Å². The lowest BCUT2D eigenvalue weighted by Crippen LogP contribution is -2.31. The molecule has 1 aromatic rings. The molecule has 2 heterocycles. The fourth-order valence-electron chi connectivity index (χ4n) is 2.43. The molecule has 0 unspecified atom stereocenters. The van der Waals surface area contributed by atoms with E-state index in [4.69, 9.17) is 18.9 Å². The molecule has 3 rings (SSSR count). The summed E-state index contributed by atoms with van der Waals surface area (Å²) in [5.41, 5.74) is 0.892. The van der Waals surface area contributed by atoms with E-state index < -0.39 is 17.5 Å². The van der Waals surface area contributed by atoms with Crippen molar-refractivity contribution in [2.45, 2.75) is 18.5 Å². The third kappa shape index (κ3) is 2.66. The average Bonchev–Trinajstić information content (AvgIpc) is 3.13. The fourth-order valence-corrected chi connectivity index (χ4v) is 2.43. The molecule has 2 aliphatic rings. The number of hydrogen-bond donors (Lipinski definition) is 0. The predicted octanol–water partition coefficient (Wildman–Crippen LogP) is 1.42. The van der Waals surface area contributed by atoms with Crippen LogP contribution in [-0.2, 0) is 18.9 Å². The Morgan fingerprint density at radius 3 is 1.80 bits per heavy atom. The Hall–Kier alpha value is -1.54. The van der Waals surface area contributed by atoms with E-state index >= 15 is 0 Å². The second-order valence-corrected chi connectivity index (χ2v) is 4.59. The summed E-state index contributed by atoms with van der Waals surface area (Å²) in [4.78, 5) is 10.3. The highest BCUT2D eigenvalue weighted by atomic mass is 16.7. The van der Waals surface area contributed by atoms with E-state index in [9.17, 15) is 10.1 Å². The molecule has 0 aromatic heterocycles. The Bertz CT molecular complexity index is 448. The standard InChI is InChI=1S/C13H15NO6/c15-14(16)10-3-1-9(2-4-10)11(12-17-5-6-18-12)13-19-7-8-20-13/h1-4,11-13H,5-8H2. The second kappa shape index (κ2) is 5.84. The smallest absolute Gasteiger partial charge is 0.269 e. The first-order chi connectivity index (χ1) is 9.75. The van der Waals surface area contributed by atoms with Gasteiger partial charge in [0, 0.05) is 12.1 Å². The molecule has 0 spiro atoms. The van der Waals surface area contributed by atoms with E-state index in [1.165, 1.54) is 12.1 Å². The topological polar surface area (TPSA) is 80.1 Å². The summed E-state index contributed by atoms with van der Waals surface area (Å²) in [7, 11) is 0. The minimum Gasteiger partial charge on any atom is -0.349 e. The first-order valence-electron chi connectivity index (χ1n) is 6.46. The molecule has 0 aliphatic carbocycles. The molecule has 0 saturated carbocycles. The summed E-state index contributed by atoms with van der Waals surface area (Å²) in [6.07, 6.45) is -0.890. The van der Waals surface area contributed by atoms with E-state index in [-0.39, 0.29) is 11.6 Å². The molecule has 1 aromatic carbocycles. The third-order valence-corrected chi connectivity index (χ3v) is 3.37. The van der Waals surface area contributed by atoms with Gasteiger partial charge in [-0.15, -0.1) is 0 Å². The zero-order valence-electron chi connectivity index (χ0n) is 10.8. The molecule has 108 valence electrons. The molecule has 0 bridgehead atoms. The van der Waals surface area contributed by atoms with Gasteiger partial charge in [0.1, 0.15) is 0 Å². The van der Waals surface area contributed by atoms with Crippen LogP contribution in [0.4, 0.5) is 5.69 Å².